The number of rotatable bonds is 3. The van der Waals surface area contributed by atoms with E-state index in [4.69, 9.17) is 10.5 Å². The predicted octanol–water partition coefficient (Wildman–Crippen LogP) is 1.28. The number of anilines is 1. The Kier molecular flexibility index (Phi) is 2.76. The van der Waals surface area contributed by atoms with Gasteiger partial charge in [-0.05, 0) is 18.6 Å². The predicted molar refractivity (Wildman–Crippen MR) is 60.9 cm³/mol. The quantitative estimate of drug-likeness (QED) is 0.788. The highest BCUT2D eigenvalue weighted by Crippen LogP contribution is 2.24. The Labute approximate surface area is 93.9 Å². The molecule has 1 aromatic heterocycles. The van der Waals surface area contributed by atoms with Crippen LogP contribution in [0.5, 0.6) is 5.75 Å². The fraction of sp³-hybridized carbons (Fsp3) is 0.273. The van der Waals surface area contributed by atoms with E-state index in [1.54, 1.807) is 4.68 Å². The van der Waals surface area contributed by atoms with Crippen molar-refractivity contribution in [3.8, 4) is 5.75 Å². The highest BCUT2D eigenvalue weighted by molar-refractivity contribution is 5.57. The zero-order valence-electron chi connectivity index (χ0n) is 9.34. The minimum atomic E-state index is 0.365. The highest BCUT2D eigenvalue weighted by atomic mass is 16.5. The van der Waals surface area contributed by atoms with Crippen LogP contribution in [0.25, 0.3) is 0 Å². The van der Waals surface area contributed by atoms with Crippen molar-refractivity contribution in [2.45, 2.75) is 13.5 Å². The Morgan fingerprint density at radius 2 is 2.25 bits per heavy atom. The number of benzene rings is 1. The molecule has 0 unspecified atom stereocenters. The maximum absolute atomic E-state index is 5.89. The van der Waals surface area contributed by atoms with Crippen LogP contribution in [-0.4, -0.2) is 14.8 Å². The highest BCUT2D eigenvalue weighted by Gasteiger charge is 2.05. The maximum Gasteiger partial charge on any atom is 0.164 e. The molecule has 0 aliphatic carbocycles. The standard InChI is InChI=1S/C11H14N4O/c1-8-4-3-5-9(11(8)12)16-6-10-13-7-14-15(10)2/h3-5,7H,6,12H2,1-2H3. The molecule has 0 spiro atoms. The fourth-order valence-electron chi connectivity index (χ4n) is 1.37. The Morgan fingerprint density at radius 1 is 1.44 bits per heavy atom. The van der Waals surface area contributed by atoms with Gasteiger partial charge in [0, 0.05) is 7.05 Å². The third-order valence-electron chi connectivity index (χ3n) is 2.45. The number of ether oxygens (including phenoxy) is 1. The Balaban J connectivity index is 2.11. The summed E-state index contributed by atoms with van der Waals surface area (Å²) in [5.41, 5.74) is 7.57. The van der Waals surface area contributed by atoms with E-state index in [0.29, 0.717) is 18.0 Å². The van der Waals surface area contributed by atoms with Crippen molar-refractivity contribution in [2.24, 2.45) is 7.05 Å². The second-order valence-electron chi connectivity index (χ2n) is 3.58. The van der Waals surface area contributed by atoms with Crippen molar-refractivity contribution < 1.29 is 4.74 Å². The SMILES string of the molecule is Cc1cccc(OCc2ncnn2C)c1N. The van der Waals surface area contributed by atoms with Gasteiger partial charge in [-0.3, -0.25) is 4.68 Å². The number of para-hydroxylation sites is 1. The van der Waals surface area contributed by atoms with Gasteiger partial charge in [-0.2, -0.15) is 5.10 Å². The number of nitrogens with two attached hydrogens (primary N) is 1. The van der Waals surface area contributed by atoms with Gasteiger partial charge in [-0.15, -0.1) is 0 Å². The molecule has 2 N–H and O–H groups in total. The Bertz CT molecular complexity index is 492. The van der Waals surface area contributed by atoms with Gasteiger partial charge in [0.05, 0.1) is 5.69 Å². The van der Waals surface area contributed by atoms with Gasteiger partial charge in [-0.25, -0.2) is 4.98 Å². The molecular weight excluding hydrogens is 204 g/mol. The van der Waals surface area contributed by atoms with Gasteiger partial charge < -0.3 is 10.5 Å². The van der Waals surface area contributed by atoms with E-state index in [2.05, 4.69) is 10.1 Å². The van der Waals surface area contributed by atoms with E-state index in [-0.39, 0.29) is 0 Å². The maximum atomic E-state index is 5.89. The molecule has 5 nitrogen and oxygen atoms in total. The molecule has 84 valence electrons. The first-order chi connectivity index (χ1) is 7.68. The van der Waals surface area contributed by atoms with Crippen LogP contribution in [0.1, 0.15) is 11.4 Å². The lowest BCUT2D eigenvalue weighted by Gasteiger charge is -2.09. The molecule has 5 heteroatoms. The van der Waals surface area contributed by atoms with Crippen LogP contribution >= 0.6 is 0 Å². The van der Waals surface area contributed by atoms with Gasteiger partial charge in [0.25, 0.3) is 0 Å². The van der Waals surface area contributed by atoms with Crippen LogP contribution < -0.4 is 10.5 Å². The van der Waals surface area contributed by atoms with Crippen molar-refractivity contribution in [2.75, 3.05) is 5.73 Å². The van der Waals surface area contributed by atoms with Crippen molar-refractivity contribution in [3.63, 3.8) is 0 Å². The number of nitrogens with zero attached hydrogens (tertiary/aromatic N) is 3. The third kappa shape index (κ3) is 1.98. The second-order valence-corrected chi connectivity index (χ2v) is 3.58. The number of aryl methyl sites for hydroxylation is 2. The molecule has 0 saturated carbocycles. The van der Waals surface area contributed by atoms with Gasteiger partial charge in [0.2, 0.25) is 0 Å². The van der Waals surface area contributed by atoms with E-state index >= 15 is 0 Å². The van der Waals surface area contributed by atoms with Crippen LogP contribution in [0, 0.1) is 6.92 Å². The van der Waals surface area contributed by atoms with Crippen molar-refractivity contribution >= 4 is 5.69 Å². The monoisotopic (exact) mass is 218 g/mol. The second kappa shape index (κ2) is 4.22. The fourth-order valence-corrected chi connectivity index (χ4v) is 1.37. The van der Waals surface area contributed by atoms with Gasteiger partial charge in [-0.1, -0.05) is 12.1 Å². The topological polar surface area (TPSA) is 66.0 Å². The first kappa shape index (κ1) is 10.5. The summed E-state index contributed by atoms with van der Waals surface area (Å²) in [5.74, 6) is 1.45. The zero-order valence-corrected chi connectivity index (χ0v) is 9.34. The molecule has 16 heavy (non-hydrogen) atoms. The van der Waals surface area contributed by atoms with Crippen LogP contribution in [0.15, 0.2) is 24.5 Å². The zero-order chi connectivity index (χ0) is 11.5. The lowest BCUT2D eigenvalue weighted by atomic mass is 10.2. The summed E-state index contributed by atoms with van der Waals surface area (Å²) in [6, 6.07) is 5.71. The summed E-state index contributed by atoms with van der Waals surface area (Å²) in [5, 5.41) is 3.96. The van der Waals surface area contributed by atoms with Gasteiger partial charge in [0.15, 0.2) is 5.82 Å². The summed E-state index contributed by atoms with van der Waals surface area (Å²) in [7, 11) is 1.82. The lowest BCUT2D eigenvalue weighted by Crippen LogP contribution is -2.06. The average Bonchev–Trinajstić information content (AvgIpc) is 2.67. The van der Waals surface area contributed by atoms with Crippen molar-refractivity contribution in [1.82, 2.24) is 14.8 Å². The molecular formula is C11H14N4O. The molecule has 0 saturated heterocycles. The third-order valence-corrected chi connectivity index (χ3v) is 2.45. The molecule has 0 fully saturated rings. The van der Waals surface area contributed by atoms with E-state index < -0.39 is 0 Å². The summed E-state index contributed by atoms with van der Waals surface area (Å²) in [6.07, 6.45) is 1.50. The molecule has 0 atom stereocenters. The Hall–Kier alpha value is -2.04. The normalized spacial score (nSPS) is 10.4. The number of hydrogen-bond acceptors (Lipinski definition) is 4. The number of hydrogen-bond donors (Lipinski definition) is 1. The smallest absolute Gasteiger partial charge is 0.164 e. The molecule has 0 radical (unpaired) electrons. The largest absolute Gasteiger partial charge is 0.483 e. The van der Waals surface area contributed by atoms with Crippen LogP contribution in [0.4, 0.5) is 5.69 Å². The van der Waals surface area contributed by atoms with Crippen LogP contribution in [0.3, 0.4) is 0 Å². The summed E-state index contributed by atoms with van der Waals surface area (Å²) < 4.78 is 7.27. The summed E-state index contributed by atoms with van der Waals surface area (Å²) >= 11 is 0. The van der Waals surface area contributed by atoms with Gasteiger partial charge in [0.1, 0.15) is 18.7 Å². The minimum Gasteiger partial charge on any atom is -0.483 e. The van der Waals surface area contributed by atoms with Gasteiger partial charge >= 0.3 is 0 Å². The van der Waals surface area contributed by atoms with Crippen molar-refractivity contribution in [1.29, 1.82) is 0 Å². The number of aromatic nitrogens is 3. The molecule has 2 rings (SSSR count). The molecule has 0 amide bonds. The number of nitrogen functional groups attached to an aromatic ring is 1. The summed E-state index contributed by atoms with van der Waals surface area (Å²) in [6.45, 7) is 2.31. The molecule has 1 heterocycles. The van der Waals surface area contributed by atoms with Crippen LogP contribution in [0.2, 0.25) is 0 Å². The molecule has 1 aromatic carbocycles. The molecule has 0 aliphatic heterocycles. The minimum absolute atomic E-state index is 0.365. The molecule has 2 aromatic rings. The first-order valence-corrected chi connectivity index (χ1v) is 4.99. The van der Waals surface area contributed by atoms with E-state index in [9.17, 15) is 0 Å². The van der Waals surface area contributed by atoms with E-state index in [1.807, 2.05) is 32.2 Å². The van der Waals surface area contributed by atoms with E-state index in [1.165, 1.54) is 6.33 Å². The average molecular weight is 218 g/mol. The lowest BCUT2D eigenvalue weighted by molar-refractivity contribution is 0.291. The van der Waals surface area contributed by atoms with Crippen LogP contribution in [-0.2, 0) is 13.7 Å². The van der Waals surface area contributed by atoms with E-state index in [0.717, 1.165) is 11.4 Å². The molecule has 0 aliphatic rings. The van der Waals surface area contributed by atoms with Crippen molar-refractivity contribution in [3.05, 3.63) is 35.9 Å². The summed E-state index contributed by atoms with van der Waals surface area (Å²) in [4.78, 5) is 4.07. The molecule has 0 bridgehead atoms. The first-order valence-electron chi connectivity index (χ1n) is 4.99. The Morgan fingerprint density at radius 3 is 2.94 bits per heavy atom.